The number of hydrogen-bond acceptors (Lipinski definition) is 3. The van der Waals surface area contributed by atoms with Crippen LogP contribution < -0.4 is 10.5 Å². The summed E-state index contributed by atoms with van der Waals surface area (Å²) in [5.41, 5.74) is 11.0. The van der Waals surface area contributed by atoms with Crippen molar-refractivity contribution in [2.24, 2.45) is 5.73 Å². The minimum Gasteiger partial charge on any atom is -0.508 e. The molecule has 0 unspecified atom stereocenters. The lowest BCUT2D eigenvalue weighted by Gasteiger charge is -2.11. The zero-order chi connectivity index (χ0) is 22.7. The molecule has 0 saturated carbocycles. The smallest absolute Gasteiger partial charge is 0.251 e. The normalized spacial score (nSPS) is 10.8. The highest BCUT2D eigenvalue weighted by Crippen LogP contribution is 2.35. The highest BCUT2D eigenvalue weighted by atomic mass is 16.5. The number of aryl methyl sites for hydroxylation is 1. The first-order valence-electron chi connectivity index (χ1n) is 10.5. The van der Waals surface area contributed by atoms with Gasteiger partial charge in [-0.3, -0.25) is 4.79 Å². The van der Waals surface area contributed by atoms with Crippen molar-refractivity contribution in [1.82, 2.24) is 4.57 Å². The van der Waals surface area contributed by atoms with Crippen LogP contribution >= 0.6 is 0 Å². The summed E-state index contributed by atoms with van der Waals surface area (Å²) < 4.78 is 8.12. The molecule has 0 spiro atoms. The first kappa shape index (κ1) is 21.2. The fourth-order valence-electron chi connectivity index (χ4n) is 4.12. The van der Waals surface area contributed by atoms with Crippen LogP contribution in [0.1, 0.15) is 27.3 Å². The van der Waals surface area contributed by atoms with Crippen LogP contribution in [-0.4, -0.2) is 15.6 Å². The standard InChI is InChI=1S/C27H26N2O3/c1-18-25(21-7-6-10-24(17-21)32-23-8-4-3-5-9-23)26(27(28)31)19(2)29(18)16-15-20-11-13-22(30)14-12-20/h3-14,17,30H,15-16H2,1-2H3,(H2,28,31). The van der Waals surface area contributed by atoms with E-state index in [1.807, 2.05) is 80.6 Å². The van der Waals surface area contributed by atoms with Gasteiger partial charge in [0.25, 0.3) is 5.91 Å². The number of aromatic nitrogens is 1. The topological polar surface area (TPSA) is 77.5 Å². The van der Waals surface area contributed by atoms with Crippen LogP contribution in [0, 0.1) is 13.8 Å². The molecule has 0 aliphatic carbocycles. The Balaban J connectivity index is 1.69. The van der Waals surface area contributed by atoms with Gasteiger partial charge in [-0.05, 0) is 67.8 Å². The van der Waals surface area contributed by atoms with Gasteiger partial charge in [-0.25, -0.2) is 0 Å². The zero-order valence-electron chi connectivity index (χ0n) is 18.2. The lowest BCUT2D eigenvalue weighted by atomic mass is 10.00. The molecular formula is C27H26N2O3. The van der Waals surface area contributed by atoms with E-state index >= 15 is 0 Å². The largest absolute Gasteiger partial charge is 0.508 e. The molecule has 162 valence electrons. The van der Waals surface area contributed by atoms with E-state index in [0.717, 1.165) is 40.2 Å². The van der Waals surface area contributed by atoms with Crippen LogP contribution in [0.5, 0.6) is 17.2 Å². The molecule has 0 atom stereocenters. The number of nitrogens with two attached hydrogens (primary N) is 1. The third-order valence-electron chi connectivity index (χ3n) is 5.69. The minimum absolute atomic E-state index is 0.248. The van der Waals surface area contributed by atoms with Crippen LogP contribution in [0.25, 0.3) is 11.1 Å². The van der Waals surface area contributed by atoms with Gasteiger partial charge in [0, 0.05) is 23.5 Å². The molecule has 3 aromatic carbocycles. The van der Waals surface area contributed by atoms with Crippen molar-refractivity contribution in [2.45, 2.75) is 26.8 Å². The number of aromatic hydroxyl groups is 1. The average molecular weight is 427 g/mol. The van der Waals surface area contributed by atoms with Crippen molar-refractivity contribution in [1.29, 1.82) is 0 Å². The van der Waals surface area contributed by atoms with Crippen LogP contribution in [0.15, 0.2) is 78.9 Å². The van der Waals surface area contributed by atoms with Crippen molar-refractivity contribution < 1.29 is 14.6 Å². The highest BCUT2D eigenvalue weighted by Gasteiger charge is 2.22. The Bertz CT molecular complexity index is 1240. The molecule has 0 aliphatic rings. The van der Waals surface area contributed by atoms with Gasteiger partial charge in [-0.1, -0.05) is 42.5 Å². The van der Waals surface area contributed by atoms with Gasteiger partial charge in [0.2, 0.25) is 0 Å². The number of rotatable bonds is 7. The van der Waals surface area contributed by atoms with Gasteiger partial charge in [0.1, 0.15) is 17.2 Å². The van der Waals surface area contributed by atoms with Crippen molar-refractivity contribution in [2.75, 3.05) is 0 Å². The number of benzene rings is 3. The number of carbonyl (C=O) groups excluding carboxylic acids is 1. The molecule has 4 aromatic rings. The Morgan fingerprint density at radius 3 is 2.28 bits per heavy atom. The second-order valence-corrected chi connectivity index (χ2v) is 7.80. The number of carbonyl (C=O) groups is 1. The second-order valence-electron chi connectivity index (χ2n) is 7.80. The van der Waals surface area contributed by atoms with E-state index in [4.69, 9.17) is 10.5 Å². The van der Waals surface area contributed by atoms with Gasteiger partial charge in [-0.15, -0.1) is 0 Å². The van der Waals surface area contributed by atoms with Crippen LogP contribution in [0.3, 0.4) is 0 Å². The van der Waals surface area contributed by atoms with E-state index in [2.05, 4.69) is 4.57 Å². The number of primary amides is 1. The Morgan fingerprint density at radius 2 is 1.59 bits per heavy atom. The molecule has 0 saturated heterocycles. The third kappa shape index (κ3) is 4.37. The molecule has 1 heterocycles. The fraction of sp³-hybridized carbons (Fsp3) is 0.148. The predicted octanol–water partition coefficient (Wildman–Crippen LogP) is 5.61. The molecule has 4 rings (SSSR count). The van der Waals surface area contributed by atoms with Crippen molar-refractivity contribution in [3.05, 3.63) is 101 Å². The minimum atomic E-state index is -0.446. The summed E-state index contributed by atoms with van der Waals surface area (Å²) in [6, 6.07) is 24.5. The maximum Gasteiger partial charge on any atom is 0.251 e. The first-order valence-corrected chi connectivity index (χ1v) is 10.5. The Kier molecular flexibility index (Phi) is 5.99. The quantitative estimate of drug-likeness (QED) is 0.403. The van der Waals surface area contributed by atoms with Crippen molar-refractivity contribution in [3.8, 4) is 28.4 Å². The summed E-state index contributed by atoms with van der Waals surface area (Å²) in [6.45, 7) is 4.64. The number of phenolic OH excluding ortho intramolecular Hbond substituents is 1. The number of hydrogen-bond donors (Lipinski definition) is 2. The Hall–Kier alpha value is -3.99. The van der Waals surface area contributed by atoms with E-state index < -0.39 is 5.91 Å². The van der Waals surface area contributed by atoms with Gasteiger partial charge >= 0.3 is 0 Å². The number of phenols is 1. The van der Waals surface area contributed by atoms with Gasteiger partial charge in [0.05, 0.1) is 5.56 Å². The number of para-hydroxylation sites is 1. The molecule has 0 fully saturated rings. The Labute approximate surface area is 187 Å². The van der Waals surface area contributed by atoms with Crippen LogP contribution in [0.2, 0.25) is 0 Å². The summed E-state index contributed by atoms with van der Waals surface area (Å²) in [5.74, 6) is 1.24. The van der Waals surface area contributed by atoms with E-state index in [9.17, 15) is 9.90 Å². The van der Waals surface area contributed by atoms with Gasteiger partial charge < -0.3 is 20.1 Å². The maximum atomic E-state index is 12.4. The van der Waals surface area contributed by atoms with E-state index in [1.54, 1.807) is 12.1 Å². The number of nitrogens with zero attached hydrogens (tertiary/aromatic N) is 1. The molecule has 1 aromatic heterocycles. The monoisotopic (exact) mass is 426 g/mol. The van der Waals surface area contributed by atoms with E-state index in [1.165, 1.54) is 0 Å². The first-order chi connectivity index (χ1) is 15.4. The van der Waals surface area contributed by atoms with E-state index in [0.29, 0.717) is 17.9 Å². The molecular weight excluding hydrogens is 400 g/mol. The molecule has 0 aliphatic heterocycles. The van der Waals surface area contributed by atoms with Gasteiger partial charge in [-0.2, -0.15) is 0 Å². The molecule has 1 amide bonds. The molecule has 3 N–H and O–H groups in total. The zero-order valence-corrected chi connectivity index (χ0v) is 18.2. The van der Waals surface area contributed by atoms with E-state index in [-0.39, 0.29) is 5.75 Å². The molecule has 0 bridgehead atoms. The predicted molar refractivity (Wildman–Crippen MR) is 126 cm³/mol. The summed E-state index contributed by atoms with van der Waals surface area (Å²) >= 11 is 0. The molecule has 5 heteroatoms. The lowest BCUT2D eigenvalue weighted by Crippen LogP contribution is -2.13. The molecule has 5 nitrogen and oxygen atoms in total. The second kappa shape index (κ2) is 9.02. The average Bonchev–Trinajstić information content (AvgIpc) is 3.04. The third-order valence-corrected chi connectivity index (χ3v) is 5.69. The maximum absolute atomic E-state index is 12.4. The summed E-state index contributed by atoms with van der Waals surface area (Å²) in [4.78, 5) is 12.4. The van der Waals surface area contributed by atoms with Gasteiger partial charge in [0.15, 0.2) is 0 Å². The fourth-order valence-corrected chi connectivity index (χ4v) is 4.12. The highest BCUT2D eigenvalue weighted by molar-refractivity contribution is 6.02. The summed E-state index contributed by atoms with van der Waals surface area (Å²) in [6.07, 6.45) is 0.769. The number of ether oxygens (including phenoxy) is 1. The lowest BCUT2D eigenvalue weighted by molar-refractivity contribution is 0.1000. The molecule has 32 heavy (non-hydrogen) atoms. The Morgan fingerprint density at radius 1 is 0.906 bits per heavy atom. The summed E-state index contributed by atoms with van der Waals surface area (Å²) in [5, 5.41) is 9.51. The summed E-state index contributed by atoms with van der Waals surface area (Å²) in [7, 11) is 0. The molecule has 0 radical (unpaired) electrons. The number of amides is 1. The van der Waals surface area contributed by atoms with Crippen molar-refractivity contribution >= 4 is 5.91 Å². The SMILES string of the molecule is Cc1c(C(N)=O)c(-c2cccc(Oc3ccccc3)c2)c(C)n1CCc1ccc(O)cc1. The van der Waals surface area contributed by atoms with Crippen LogP contribution in [0.4, 0.5) is 0 Å². The van der Waals surface area contributed by atoms with Crippen molar-refractivity contribution in [3.63, 3.8) is 0 Å². The van der Waals surface area contributed by atoms with Crippen LogP contribution in [-0.2, 0) is 13.0 Å².